The predicted octanol–water partition coefficient (Wildman–Crippen LogP) is 0.179. The fourth-order valence-electron chi connectivity index (χ4n) is 3.07. The predicted molar refractivity (Wildman–Crippen MR) is 99.8 cm³/mol. The fraction of sp³-hybridized carbons (Fsp3) is 0.529. The van der Waals surface area contributed by atoms with Crippen molar-refractivity contribution in [1.82, 2.24) is 19.9 Å². The molecule has 0 bridgehead atoms. The summed E-state index contributed by atoms with van der Waals surface area (Å²) in [4.78, 5) is 26.4. The van der Waals surface area contributed by atoms with Gasteiger partial charge in [-0.15, -0.1) is 0 Å². The van der Waals surface area contributed by atoms with Gasteiger partial charge < -0.3 is 26.4 Å². The minimum absolute atomic E-state index is 0.120. The van der Waals surface area contributed by atoms with Crippen LogP contribution in [0.25, 0.3) is 10.9 Å². The molecule has 9 heteroatoms. The maximum Gasteiger partial charge on any atom is 0.219 e. The number of nitrogens with two attached hydrogens (primary N) is 1. The van der Waals surface area contributed by atoms with Crippen LogP contribution in [0.3, 0.4) is 0 Å². The molecule has 26 heavy (non-hydrogen) atoms. The van der Waals surface area contributed by atoms with Crippen molar-refractivity contribution in [2.75, 3.05) is 36.8 Å². The lowest BCUT2D eigenvalue weighted by molar-refractivity contribution is -0.129. The monoisotopic (exact) mass is 359 g/mol. The lowest BCUT2D eigenvalue weighted by Crippen LogP contribution is -2.41. The second-order valence-corrected chi connectivity index (χ2v) is 6.47. The zero-order chi connectivity index (χ0) is 18.5. The van der Waals surface area contributed by atoms with Crippen molar-refractivity contribution in [2.45, 2.75) is 31.9 Å². The zero-order valence-electron chi connectivity index (χ0n) is 14.9. The summed E-state index contributed by atoms with van der Waals surface area (Å²) >= 11 is 0. The number of amides is 1. The number of carbonyl (C=O) groups excluding carboxylic acids is 1. The van der Waals surface area contributed by atoms with Crippen LogP contribution in [-0.2, 0) is 4.79 Å². The zero-order valence-corrected chi connectivity index (χ0v) is 14.9. The molecule has 1 aliphatic heterocycles. The van der Waals surface area contributed by atoms with Gasteiger partial charge in [-0.2, -0.15) is 0 Å². The molecule has 1 atom stereocenters. The average Bonchev–Trinajstić information content (AvgIpc) is 2.66. The number of pyridine rings is 1. The van der Waals surface area contributed by atoms with E-state index < -0.39 is 6.10 Å². The van der Waals surface area contributed by atoms with Crippen molar-refractivity contribution in [3.05, 3.63) is 18.6 Å². The molecule has 1 aliphatic rings. The van der Waals surface area contributed by atoms with Crippen LogP contribution in [0.4, 0.5) is 11.6 Å². The summed E-state index contributed by atoms with van der Waals surface area (Å²) in [6.07, 6.45) is 4.30. The third kappa shape index (κ3) is 4.17. The van der Waals surface area contributed by atoms with E-state index >= 15 is 0 Å². The average molecular weight is 359 g/mol. The van der Waals surface area contributed by atoms with Gasteiger partial charge in [-0.05, 0) is 18.9 Å². The summed E-state index contributed by atoms with van der Waals surface area (Å²) < 4.78 is 0. The molecule has 1 fully saturated rings. The van der Waals surface area contributed by atoms with Gasteiger partial charge in [-0.25, -0.2) is 15.0 Å². The molecular formula is C17H25N7O2. The Labute approximate surface area is 152 Å². The molecule has 0 aromatic carbocycles. The normalized spacial score (nSPS) is 16.5. The summed E-state index contributed by atoms with van der Waals surface area (Å²) in [5.74, 6) is 1.46. The number of hydrogen-bond donors (Lipinski definition) is 4. The number of piperidine rings is 1. The highest BCUT2D eigenvalue weighted by Gasteiger charge is 2.21. The standard InChI is InChI=1S/C17H25N7O2/c1-11(25)24-6-3-12(4-7-24)23-17-15-14(2-5-19-17)16(22-10-21-15)20-9-13(26)8-18/h2,5,10,12-13,26H,3-4,6-9,18H2,1H3,(H,19,23)(H,20,21,22)/t13-/m1/s1. The van der Waals surface area contributed by atoms with Crippen LogP contribution in [0.15, 0.2) is 18.6 Å². The van der Waals surface area contributed by atoms with Crippen molar-refractivity contribution in [3.8, 4) is 0 Å². The number of hydrogen-bond acceptors (Lipinski definition) is 8. The van der Waals surface area contributed by atoms with Gasteiger partial charge in [0.05, 0.1) is 6.10 Å². The Kier molecular flexibility index (Phi) is 5.79. The molecule has 3 heterocycles. The van der Waals surface area contributed by atoms with Gasteiger partial charge in [0, 0.05) is 50.7 Å². The van der Waals surface area contributed by atoms with E-state index in [4.69, 9.17) is 5.73 Å². The van der Waals surface area contributed by atoms with Crippen LogP contribution in [0, 0.1) is 0 Å². The molecule has 0 saturated carbocycles. The van der Waals surface area contributed by atoms with Gasteiger partial charge >= 0.3 is 0 Å². The van der Waals surface area contributed by atoms with Crippen LogP contribution in [0.5, 0.6) is 0 Å². The molecule has 2 aromatic rings. The summed E-state index contributed by atoms with van der Waals surface area (Å²) in [6, 6.07) is 2.09. The van der Waals surface area contributed by atoms with Gasteiger partial charge in [0.15, 0.2) is 5.82 Å². The number of anilines is 2. The van der Waals surface area contributed by atoms with E-state index in [1.165, 1.54) is 6.33 Å². The van der Waals surface area contributed by atoms with E-state index in [1.807, 2.05) is 11.0 Å². The van der Waals surface area contributed by atoms with Gasteiger partial charge in [0.2, 0.25) is 5.91 Å². The van der Waals surface area contributed by atoms with E-state index in [0.717, 1.165) is 36.8 Å². The highest BCUT2D eigenvalue weighted by molar-refractivity contribution is 5.95. The number of nitrogens with zero attached hydrogens (tertiary/aromatic N) is 4. The Morgan fingerprint density at radius 2 is 2.12 bits per heavy atom. The van der Waals surface area contributed by atoms with E-state index in [9.17, 15) is 9.90 Å². The number of aliphatic hydroxyl groups is 1. The second-order valence-electron chi connectivity index (χ2n) is 6.47. The van der Waals surface area contributed by atoms with E-state index in [2.05, 4.69) is 25.6 Å². The first-order chi connectivity index (χ1) is 12.6. The number of carbonyl (C=O) groups is 1. The molecule has 1 amide bonds. The third-order valence-corrected chi connectivity index (χ3v) is 4.61. The van der Waals surface area contributed by atoms with Crippen molar-refractivity contribution in [2.24, 2.45) is 5.73 Å². The van der Waals surface area contributed by atoms with Gasteiger partial charge in [0.25, 0.3) is 0 Å². The lowest BCUT2D eigenvalue weighted by Gasteiger charge is -2.32. The quantitative estimate of drug-likeness (QED) is 0.575. The molecule has 140 valence electrons. The van der Waals surface area contributed by atoms with Crippen LogP contribution in [0.2, 0.25) is 0 Å². The van der Waals surface area contributed by atoms with Crippen LogP contribution >= 0.6 is 0 Å². The highest BCUT2D eigenvalue weighted by Crippen LogP contribution is 2.25. The maximum atomic E-state index is 11.5. The summed E-state index contributed by atoms with van der Waals surface area (Å²) in [5, 5.41) is 17.0. The largest absolute Gasteiger partial charge is 0.390 e. The van der Waals surface area contributed by atoms with Crippen molar-refractivity contribution >= 4 is 28.4 Å². The Morgan fingerprint density at radius 1 is 1.35 bits per heavy atom. The molecule has 0 spiro atoms. The summed E-state index contributed by atoms with van der Waals surface area (Å²) in [6.45, 7) is 3.60. The molecule has 0 radical (unpaired) electrons. The minimum atomic E-state index is -0.633. The number of rotatable bonds is 6. The lowest BCUT2D eigenvalue weighted by atomic mass is 10.0. The Balaban J connectivity index is 1.74. The Morgan fingerprint density at radius 3 is 2.81 bits per heavy atom. The Hall–Kier alpha value is -2.52. The smallest absolute Gasteiger partial charge is 0.219 e. The Bertz CT molecular complexity index is 762. The summed E-state index contributed by atoms with van der Waals surface area (Å²) in [7, 11) is 0. The van der Waals surface area contributed by atoms with Gasteiger partial charge in [-0.3, -0.25) is 4.79 Å². The van der Waals surface area contributed by atoms with E-state index in [0.29, 0.717) is 18.2 Å². The maximum absolute atomic E-state index is 11.5. The number of fused-ring (bicyclic) bond motifs is 1. The van der Waals surface area contributed by atoms with Crippen LogP contribution < -0.4 is 16.4 Å². The molecule has 1 saturated heterocycles. The molecule has 0 unspecified atom stereocenters. The van der Waals surface area contributed by atoms with E-state index in [1.54, 1.807) is 13.1 Å². The van der Waals surface area contributed by atoms with Gasteiger partial charge in [-0.1, -0.05) is 0 Å². The SMILES string of the molecule is CC(=O)N1CCC(Nc2nccc3c(NC[C@H](O)CN)ncnc23)CC1. The number of aromatic nitrogens is 3. The van der Waals surface area contributed by atoms with Crippen molar-refractivity contribution in [1.29, 1.82) is 0 Å². The number of aliphatic hydroxyl groups excluding tert-OH is 1. The van der Waals surface area contributed by atoms with Crippen molar-refractivity contribution < 1.29 is 9.90 Å². The number of likely N-dealkylation sites (tertiary alicyclic amines) is 1. The molecular weight excluding hydrogens is 334 g/mol. The molecule has 9 nitrogen and oxygen atoms in total. The minimum Gasteiger partial charge on any atom is -0.390 e. The first-order valence-corrected chi connectivity index (χ1v) is 8.82. The van der Waals surface area contributed by atoms with E-state index in [-0.39, 0.29) is 18.5 Å². The molecule has 0 aliphatic carbocycles. The highest BCUT2D eigenvalue weighted by atomic mass is 16.3. The van der Waals surface area contributed by atoms with Crippen molar-refractivity contribution in [3.63, 3.8) is 0 Å². The van der Waals surface area contributed by atoms with Crippen LogP contribution in [-0.4, -0.2) is 69.2 Å². The third-order valence-electron chi connectivity index (χ3n) is 4.61. The second kappa shape index (κ2) is 8.24. The topological polar surface area (TPSA) is 129 Å². The van der Waals surface area contributed by atoms with Crippen LogP contribution in [0.1, 0.15) is 19.8 Å². The van der Waals surface area contributed by atoms with Gasteiger partial charge in [0.1, 0.15) is 17.7 Å². The number of nitrogens with one attached hydrogen (secondary N) is 2. The summed E-state index contributed by atoms with van der Waals surface area (Å²) in [5.41, 5.74) is 6.16. The first-order valence-electron chi connectivity index (χ1n) is 8.82. The molecule has 3 rings (SSSR count). The fourth-order valence-corrected chi connectivity index (χ4v) is 3.07. The first kappa shape index (κ1) is 18.3. The molecule has 2 aromatic heterocycles. The molecule has 5 N–H and O–H groups in total.